The van der Waals surface area contributed by atoms with Gasteiger partial charge in [-0.3, -0.25) is 4.79 Å². The SMILES string of the molecule is CNc1c(F)cccc1C(=O)Nc1c(C)cccc1C. The van der Waals surface area contributed by atoms with Crippen molar-refractivity contribution < 1.29 is 9.18 Å². The summed E-state index contributed by atoms with van der Waals surface area (Å²) < 4.78 is 13.7. The fourth-order valence-electron chi connectivity index (χ4n) is 2.16. The van der Waals surface area contributed by atoms with Crippen LogP contribution in [0, 0.1) is 19.7 Å². The Balaban J connectivity index is 2.36. The summed E-state index contributed by atoms with van der Waals surface area (Å²) in [5.41, 5.74) is 3.21. The largest absolute Gasteiger partial charge is 0.385 e. The number of benzene rings is 2. The number of hydrogen-bond acceptors (Lipinski definition) is 2. The van der Waals surface area contributed by atoms with Gasteiger partial charge in [0.05, 0.1) is 11.3 Å². The van der Waals surface area contributed by atoms with Crippen LogP contribution in [0.25, 0.3) is 0 Å². The quantitative estimate of drug-likeness (QED) is 0.893. The molecule has 3 nitrogen and oxygen atoms in total. The van der Waals surface area contributed by atoms with Crippen LogP contribution in [0.2, 0.25) is 0 Å². The lowest BCUT2D eigenvalue weighted by atomic mass is 10.1. The molecular formula is C16H17FN2O. The molecule has 2 N–H and O–H groups in total. The van der Waals surface area contributed by atoms with Crippen molar-refractivity contribution in [3.63, 3.8) is 0 Å². The lowest BCUT2D eigenvalue weighted by molar-refractivity contribution is 0.102. The summed E-state index contributed by atoms with van der Waals surface area (Å²) in [5, 5.41) is 5.58. The normalized spacial score (nSPS) is 10.2. The number of aryl methyl sites for hydroxylation is 2. The van der Waals surface area contributed by atoms with E-state index in [2.05, 4.69) is 10.6 Å². The molecule has 20 heavy (non-hydrogen) atoms. The molecule has 0 saturated carbocycles. The molecule has 0 saturated heterocycles. The Hall–Kier alpha value is -2.36. The first-order valence-electron chi connectivity index (χ1n) is 6.38. The van der Waals surface area contributed by atoms with Crippen LogP contribution in [0.15, 0.2) is 36.4 Å². The molecule has 0 aliphatic heterocycles. The van der Waals surface area contributed by atoms with E-state index in [1.54, 1.807) is 13.1 Å². The van der Waals surface area contributed by atoms with E-state index >= 15 is 0 Å². The van der Waals surface area contributed by atoms with Crippen molar-refractivity contribution in [3.05, 3.63) is 58.9 Å². The molecule has 104 valence electrons. The Morgan fingerprint density at radius 1 is 1.00 bits per heavy atom. The van der Waals surface area contributed by atoms with Crippen LogP contribution in [-0.2, 0) is 0 Å². The van der Waals surface area contributed by atoms with E-state index in [0.29, 0.717) is 0 Å². The Kier molecular flexibility index (Phi) is 4.03. The van der Waals surface area contributed by atoms with Crippen molar-refractivity contribution in [2.24, 2.45) is 0 Å². The van der Waals surface area contributed by atoms with Gasteiger partial charge in [0.15, 0.2) is 0 Å². The molecule has 0 heterocycles. The van der Waals surface area contributed by atoms with Gasteiger partial charge in [-0.15, -0.1) is 0 Å². The van der Waals surface area contributed by atoms with E-state index in [1.807, 2.05) is 32.0 Å². The molecule has 0 aromatic heterocycles. The van der Waals surface area contributed by atoms with Gasteiger partial charge in [0.1, 0.15) is 5.82 Å². The maximum absolute atomic E-state index is 13.7. The Bertz CT molecular complexity index is 633. The number of carbonyl (C=O) groups excluding carboxylic acids is 1. The number of rotatable bonds is 3. The first-order chi connectivity index (χ1) is 9.54. The maximum Gasteiger partial charge on any atom is 0.257 e. The van der Waals surface area contributed by atoms with Gasteiger partial charge in [-0.1, -0.05) is 24.3 Å². The van der Waals surface area contributed by atoms with Crippen LogP contribution in [-0.4, -0.2) is 13.0 Å². The van der Waals surface area contributed by atoms with Crippen molar-refractivity contribution >= 4 is 17.3 Å². The predicted molar refractivity (Wildman–Crippen MR) is 79.8 cm³/mol. The number of halogens is 1. The zero-order valence-corrected chi connectivity index (χ0v) is 11.8. The van der Waals surface area contributed by atoms with Gasteiger partial charge >= 0.3 is 0 Å². The zero-order valence-electron chi connectivity index (χ0n) is 11.8. The lowest BCUT2D eigenvalue weighted by Crippen LogP contribution is -2.16. The minimum absolute atomic E-state index is 0.205. The summed E-state index contributed by atoms with van der Waals surface area (Å²) in [6.07, 6.45) is 0. The molecule has 0 spiro atoms. The second kappa shape index (κ2) is 5.74. The molecule has 2 rings (SSSR count). The number of nitrogens with one attached hydrogen (secondary N) is 2. The fourth-order valence-corrected chi connectivity index (χ4v) is 2.16. The minimum atomic E-state index is -0.443. The molecule has 0 fully saturated rings. The van der Waals surface area contributed by atoms with Gasteiger partial charge in [0.25, 0.3) is 5.91 Å². The average molecular weight is 272 g/mol. The van der Waals surface area contributed by atoms with E-state index in [9.17, 15) is 9.18 Å². The summed E-state index contributed by atoms with van der Waals surface area (Å²) in [5.74, 6) is -0.770. The Morgan fingerprint density at radius 3 is 2.20 bits per heavy atom. The number of hydrogen-bond donors (Lipinski definition) is 2. The smallest absolute Gasteiger partial charge is 0.257 e. The third-order valence-corrected chi connectivity index (χ3v) is 3.23. The van der Waals surface area contributed by atoms with Crippen LogP contribution < -0.4 is 10.6 Å². The summed E-state index contributed by atoms with van der Waals surface area (Å²) in [6.45, 7) is 3.85. The van der Waals surface area contributed by atoms with E-state index in [1.165, 1.54) is 12.1 Å². The van der Waals surface area contributed by atoms with Gasteiger partial charge in [0.2, 0.25) is 0 Å². The highest BCUT2D eigenvalue weighted by Gasteiger charge is 2.15. The molecule has 0 atom stereocenters. The highest BCUT2D eigenvalue weighted by atomic mass is 19.1. The van der Waals surface area contributed by atoms with Crippen LogP contribution in [0.3, 0.4) is 0 Å². The molecule has 2 aromatic carbocycles. The number of anilines is 2. The van der Waals surface area contributed by atoms with Crippen molar-refractivity contribution in [1.29, 1.82) is 0 Å². The molecule has 0 aliphatic rings. The highest BCUT2D eigenvalue weighted by molar-refractivity contribution is 6.08. The van der Waals surface area contributed by atoms with Crippen LogP contribution >= 0.6 is 0 Å². The molecule has 4 heteroatoms. The van der Waals surface area contributed by atoms with E-state index < -0.39 is 5.82 Å². The van der Waals surface area contributed by atoms with E-state index in [4.69, 9.17) is 0 Å². The molecule has 2 aromatic rings. The predicted octanol–water partition coefficient (Wildman–Crippen LogP) is 3.74. The van der Waals surface area contributed by atoms with Crippen LogP contribution in [0.1, 0.15) is 21.5 Å². The van der Waals surface area contributed by atoms with Crippen molar-refractivity contribution in [1.82, 2.24) is 0 Å². The third kappa shape index (κ3) is 2.64. The van der Waals surface area contributed by atoms with Crippen molar-refractivity contribution in [3.8, 4) is 0 Å². The highest BCUT2D eigenvalue weighted by Crippen LogP contribution is 2.23. The molecule has 0 bridgehead atoms. The first kappa shape index (κ1) is 14.1. The summed E-state index contributed by atoms with van der Waals surface area (Å²) in [6, 6.07) is 10.2. The molecular weight excluding hydrogens is 255 g/mol. The fraction of sp³-hybridized carbons (Fsp3) is 0.188. The number of para-hydroxylation sites is 2. The summed E-state index contributed by atoms with van der Waals surface area (Å²) >= 11 is 0. The summed E-state index contributed by atoms with van der Waals surface area (Å²) in [7, 11) is 1.59. The first-order valence-corrected chi connectivity index (χ1v) is 6.38. The van der Waals surface area contributed by atoms with Gasteiger partial charge < -0.3 is 10.6 Å². The second-order valence-corrected chi connectivity index (χ2v) is 4.63. The summed E-state index contributed by atoms with van der Waals surface area (Å²) in [4.78, 5) is 12.3. The minimum Gasteiger partial charge on any atom is -0.385 e. The van der Waals surface area contributed by atoms with Gasteiger partial charge in [-0.05, 0) is 37.1 Å². The van der Waals surface area contributed by atoms with Gasteiger partial charge in [0, 0.05) is 12.7 Å². The molecule has 0 unspecified atom stereocenters. The van der Waals surface area contributed by atoms with Crippen LogP contribution in [0.5, 0.6) is 0 Å². The average Bonchev–Trinajstić information content (AvgIpc) is 2.42. The number of amides is 1. The van der Waals surface area contributed by atoms with Crippen molar-refractivity contribution in [2.45, 2.75) is 13.8 Å². The second-order valence-electron chi connectivity index (χ2n) is 4.63. The van der Waals surface area contributed by atoms with E-state index in [0.717, 1.165) is 16.8 Å². The maximum atomic E-state index is 13.7. The lowest BCUT2D eigenvalue weighted by Gasteiger charge is -2.14. The van der Waals surface area contributed by atoms with Crippen LogP contribution in [0.4, 0.5) is 15.8 Å². The molecule has 0 aliphatic carbocycles. The van der Waals surface area contributed by atoms with Gasteiger partial charge in [-0.25, -0.2) is 4.39 Å². The third-order valence-electron chi connectivity index (χ3n) is 3.23. The molecule has 1 amide bonds. The topological polar surface area (TPSA) is 41.1 Å². The zero-order chi connectivity index (χ0) is 14.7. The van der Waals surface area contributed by atoms with Crippen molar-refractivity contribution in [2.75, 3.05) is 17.7 Å². The standard InChI is InChI=1S/C16H17FN2O/c1-10-6-4-7-11(2)14(10)19-16(20)12-8-5-9-13(17)15(12)18-3/h4-9,18H,1-3H3,(H,19,20). The Labute approximate surface area is 117 Å². The van der Waals surface area contributed by atoms with E-state index in [-0.39, 0.29) is 17.2 Å². The van der Waals surface area contributed by atoms with Gasteiger partial charge in [-0.2, -0.15) is 0 Å². The Morgan fingerprint density at radius 2 is 1.60 bits per heavy atom. The molecule has 0 radical (unpaired) electrons. The monoisotopic (exact) mass is 272 g/mol. The number of carbonyl (C=O) groups is 1.